The predicted molar refractivity (Wildman–Crippen MR) is 165 cm³/mol. The summed E-state index contributed by atoms with van der Waals surface area (Å²) < 4.78 is 0. The minimum atomic E-state index is -0.0343. The Bertz CT molecular complexity index is 1300. The molecule has 3 heterocycles. The molecule has 41 heavy (non-hydrogen) atoms. The Hall–Kier alpha value is -3.75. The molecule has 3 aromatic rings. The third-order valence-corrected chi connectivity index (χ3v) is 8.25. The number of hydroxylamine groups is 1. The van der Waals surface area contributed by atoms with Gasteiger partial charge in [0.05, 0.1) is 24.1 Å². The Balaban J connectivity index is 1.37. The van der Waals surface area contributed by atoms with Gasteiger partial charge in [-0.2, -0.15) is 0 Å². The smallest absolute Gasteiger partial charge is 0.253 e. The number of aryl methyl sites for hydroxylation is 3. The quantitative estimate of drug-likeness (QED) is 0.297. The summed E-state index contributed by atoms with van der Waals surface area (Å²) in [6.45, 7) is 15.8. The number of aromatic nitrogens is 2. The molecule has 1 atom stereocenters. The van der Waals surface area contributed by atoms with Crippen LogP contribution in [0.15, 0.2) is 61.6 Å². The van der Waals surface area contributed by atoms with Crippen LogP contribution in [0.1, 0.15) is 64.5 Å². The number of nitrogens with one attached hydrogen (secondary N) is 2. The van der Waals surface area contributed by atoms with E-state index in [2.05, 4.69) is 81.3 Å². The maximum absolute atomic E-state index is 12.8. The number of hydrogen-bond donors (Lipinski definition) is 2. The summed E-state index contributed by atoms with van der Waals surface area (Å²) in [6.07, 6.45) is 8.65. The summed E-state index contributed by atoms with van der Waals surface area (Å²) in [6, 6.07) is 13.3. The lowest BCUT2D eigenvalue weighted by Gasteiger charge is -2.42. The maximum Gasteiger partial charge on any atom is 0.253 e. The van der Waals surface area contributed by atoms with Crippen LogP contribution in [-0.4, -0.2) is 59.6 Å². The first-order valence-electron chi connectivity index (χ1n) is 14.5. The third-order valence-electron chi connectivity index (χ3n) is 8.25. The molecular weight excluding hydrogens is 512 g/mol. The van der Waals surface area contributed by atoms with Crippen molar-refractivity contribution in [3.8, 4) is 0 Å². The number of carbonyl (C=O) groups is 1. The van der Waals surface area contributed by atoms with E-state index in [1.54, 1.807) is 13.3 Å². The molecular formula is C33H44N6O2. The fourth-order valence-electron chi connectivity index (χ4n) is 5.65. The molecule has 0 radical (unpaired) electrons. The second-order valence-electron chi connectivity index (χ2n) is 11.0. The van der Waals surface area contributed by atoms with Crippen LogP contribution in [-0.2, 0) is 11.4 Å². The molecule has 2 N–H and O–H groups in total. The Morgan fingerprint density at radius 1 is 1.10 bits per heavy atom. The monoisotopic (exact) mass is 556 g/mol. The fraction of sp³-hybridized carbons (Fsp3) is 0.424. The number of pyridine rings is 2. The average molecular weight is 557 g/mol. The third kappa shape index (κ3) is 7.71. The van der Waals surface area contributed by atoms with Crippen molar-refractivity contribution in [1.29, 1.82) is 0 Å². The fourth-order valence-corrected chi connectivity index (χ4v) is 5.65. The molecule has 0 aliphatic carbocycles. The normalized spacial score (nSPS) is 14.9. The number of amides is 1. The van der Waals surface area contributed by atoms with Crippen LogP contribution >= 0.6 is 0 Å². The summed E-state index contributed by atoms with van der Waals surface area (Å²) in [4.78, 5) is 31.6. The number of hydrogen-bond acceptors (Lipinski definition) is 7. The van der Waals surface area contributed by atoms with Crippen molar-refractivity contribution in [2.45, 2.75) is 65.6 Å². The minimum absolute atomic E-state index is 0.0343. The van der Waals surface area contributed by atoms with Crippen LogP contribution in [0.4, 0.5) is 5.69 Å². The highest BCUT2D eigenvalue weighted by molar-refractivity contribution is 5.96. The van der Waals surface area contributed by atoms with E-state index in [-0.39, 0.29) is 5.91 Å². The van der Waals surface area contributed by atoms with Crippen molar-refractivity contribution in [2.75, 3.05) is 31.6 Å². The number of likely N-dealkylation sites (tertiary alicyclic amines) is 1. The average Bonchev–Trinajstić information content (AvgIpc) is 2.97. The van der Waals surface area contributed by atoms with Crippen LogP contribution in [0.5, 0.6) is 0 Å². The minimum Gasteiger partial charge on any atom is -0.364 e. The molecule has 1 aliphatic rings. The summed E-state index contributed by atoms with van der Waals surface area (Å²) in [7, 11) is 1.59. The highest BCUT2D eigenvalue weighted by Gasteiger charge is 2.28. The standard InChI is InChI=1S/C33H44N6O2/c1-23-11-16-34-21-29(23)22-39(30-9-7-28(8-10-30)26(4)37-41-6)31-14-19-38(20-15-31)25(3)13-18-36-33(40)32-24(2)12-17-35-27(32)5/h7-12,16-17,21,25,31,37H,4,13-15,18-20,22H2,1-3,5-6H3,(H,36,40). The largest absolute Gasteiger partial charge is 0.364 e. The lowest BCUT2D eigenvalue weighted by atomic mass is 9.98. The zero-order chi connectivity index (χ0) is 29.4. The van der Waals surface area contributed by atoms with Gasteiger partial charge < -0.3 is 15.1 Å². The van der Waals surface area contributed by atoms with Crippen LogP contribution in [0, 0.1) is 20.8 Å². The Kier molecular flexibility index (Phi) is 10.5. The molecule has 1 amide bonds. The van der Waals surface area contributed by atoms with E-state index in [1.165, 1.54) is 16.8 Å². The number of anilines is 1. The van der Waals surface area contributed by atoms with Gasteiger partial charge in [0.1, 0.15) is 0 Å². The van der Waals surface area contributed by atoms with E-state index in [4.69, 9.17) is 4.84 Å². The van der Waals surface area contributed by atoms with Crippen molar-refractivity contribution < 1.29 is 9.63 Å². The van der Waals surface area contributed by atoms with Gasteiger partial charge in [-0.05, 0) is 93.5 Å². The van der Waals surface area contributed by atoms with Crippen molar-refractivity contribution in [1.82, 2.24) is 25.7 Å². The lowest BCUT2D eigenvalue weighted by molar-refractivity contribution is 0.0943. The van der Waals surface area contributed by atoms with Gasteiger partial charge in [0.2, 0.25) is 0 Å². The molecule has 218 valence electrons. The molecule has 1 aromatic carbocycles. The van der Waals surface area contributed by atoms with Crippen molar-refractivity contribution >= 4 is 17.3 Å². The van der Waals surface area contributed by atoms with Crippen molar-refractivity contribution in [2.24, 2.45) is 0 Å². The van der Waals surface area contributed by atoms with Gasteiger partial charge in [0, 0.05) is 62.5 Å². The molecule has 0 spiro atoms. The Morgan fingerprint density at radius 2 is 1.80 bits per heavy atom. The molecule has 8 heteroatoms. The Morgan fingerprint density at radius 3 is 2.46 bits per heavy atom. The zero-order valence-corrected chi connectivity index (χ0v) is 25.1. The van der Waals surface area contributed by atoms with Gasteiger partial charge in [-0.25, -0.2) is 0 Å². The van der Waals surface area contributed by atoms with E-state index < -0.39 is 0 Å². The Labute approximate surface area is 244 Å². The van der Waals surface area contributed by atoms with Gasteiger partial charge >= 0.3 is 0 Å². The molecule has 4 rings (SSSR count). The first kappa shape index (κ1) is 30.2. The highest BCUT2D eigenvalue weighted by Crippen LogP contribution is 2.28. The number of carbonyl (C=O) groups excluding carboxylic acids is 1. The maximum atomic E-state index is 12.8. The highest BCUT2D eigenvalue weighted by atomic mass is 16.6. The summed E-state index contributed by atoms with van der Waals surface area (Å²) in [5.41, 5.74) is 10.7. The number of piperidine rings is 1. The molecule has 0 bridgehead atoms. The van der Waals surface area contributed by atoms with Gasteiger partial charge in [0.15, 0.2) is 0 Å². The van der Waals surface area contributed by atoms with Crippen molar-refractivity contribution in [3.63, 3.8) is 0 Å². The van der Waals surface area contributed by atoms with E-state index in [0.717, 1.165) is 61.4 Å². The SMILES string of the molecule is C=C(NOC)c1ccc(N(Cc2cnccc2C)C2CCN(C(C)CCNC(=O)c3c(C)ccnc3C)CC2)cc1. The summed E-state index contributed by atoms with van der Waals surface area (Å²) in [5.74, 6) is -0.0343. The van der Waals surface area contributed by atoms with Crippen LogP contribution in [0.3, 0.4) is 0 Å². The predicted octanol–water partition coefficient (Wildman–Crippen LogP) is 5.20. The van der Waals surface area contributed by atoms with E-state index in [1.807, 2.05) is 32.3 Å². The van der Waals surface area contributed by atoms with Gasteiger partial charge in [-0.1, -0.05) is 18.7 Å². The molecule has 8 nitrogen and oxygen atoms in total. The number of rotatable bonds is 12. The second kappa shape index (κ2) is 14.2. The first-order valence-corrected chi connectivity index (χ1v) is 14.5. The number of nitrogens with zero attached hydrogens (tertiary/aromatic N) is 4. The molecule has 2 aromatic heterocycles. The summed E-state index contributed by atoms with van der Waals surface area (Å²) >= 11 is 0. The van der Waals surface area contributed by atoms with Gasteiger partial charge in [-0.3, -0.25) is 25.1 Å². The van der Waals surface area contributed by atoms with Crippen LogP contribution in [0.2, 0.25) is 0 Å². The molecule has 1 aliphatic heterocycles. The number of benzene rings is 1. The molecule has 1 unspecified atom stereocenters. The van der Waals surface area contributed by atoms with E-state index in [0.29, 0.717) is 24.2 Å². The van der Waals surface area contributed by atoms with Crippen LogP contribution < -0.4 is 15.7 Å². The van der Waals surface area contributed by atoms with E-state index in [9.17, 15) is 4.79 Å². The van der Waals surface area contributed by atoms with Crippen molar-refractivity contribution in [3.05, 3.63) is 95.1 Å². The van der Waals surface area contributed by atoms with Gasteiger partial charge in [-0.15, -0.1) is 0 Å². The lowest BCUT2D eigenvalue weighted by Crippen LogP contribution is -2.48. The zero-order valence-electron chi connectivity index (χ0n) is 25.1. The topological polar surface area (TPSA) is 82.6 Å². The van der Waals surface area contributed by atoms with Gasteiger partial charge in [0.25, 0.3) is 5.91 Å². The second-order valence-corrected chi connectivity index (χ2v) is 11.0. The summed E-state index contributed by atoms with van der Waals surface area (Å²) in [5, 5.41) is 3.11. The first-order chi connectivity index (χ1) is 19.8. The molecule has 0 saturated carbocycles. The van der Waals surface area contributed by atoms with Crippen LogP contribution in [0.25, 0.3) is 5.70 Å². The molecule has 1 fully saturated rings. The molecule has 1 saturated heterocycles. The van der Waals surface area contributed by atoms with E-state index >= 15 is 0 Å².